The van der Waals surface area contributed by atoms with Crippen LogP contribution in [0.2, 0.25) is 0 Å². The van der Waals surface area contributed by atoms with Crippen LogP contribution >= 0.6 is 0 Å². The number of ether oxygens (including phenoxy) is 1. The summed E-state index contributed by atoms with van der Waals surface area (Å²) >= 11 is 0. The van der Waals surface area contributed by atoms with Gasteiger partial charge in [0.15, 0.2) is 0 Å². The summed E-state index contributed by atoms with van der Waals surface area (Å²) in [5.74, 6) is -0.0493. The molecule has 0 aliphatic carbocycles. The van der Waals surface area contributed by atoms with Gasteiger partial charge >= 0.3 is 6.18 Å². The minimum absolute atomic E-state index is 0.0493. The van der Waals surface area contributed by atoms with Crippen molar-refractivity contribution in [3.8, 4) is 0 Å². The van der Waals surface area contributed by atoms with E-state index in [1.54, 1.807) is 0 Å². The van der Waals surface area contributed by atoms with Gasteiger partial charge in [-0.1, -0.05) is 6.42 Å². The number of alkyl halides is 3. The van der Waals surface area contributed by atoms with E-state index in [-0.39, 0.29) is 24.9 Å². The van der Waals surface area contributed by atoms with Gasteiger partial charge in [-0.25, -0.2) is 13.1 Å². The second-order valence-electron chi connectivity index (χ2n) is 4.49. The van der Waals surface area contributed by atoms with Gasteiger partial charge in [-0.05, 0) is 19.4 Å². The minimum Gasteiger partial charge on any atom is -0.371 e. The van der Waals surface area contributed by atoms with Gasteiger partial charge in [0.05, 0.1) is 12.4 Å². The summed E-state index contributed by atoms with van der Waals surface area (Å²) in [6.45, 7) is -1.00. The summed E-state index contributed by atoms with van der Waals surface area (Å²) in [6, 6.07) is -0.0812. The van der Waals surface area contributed by atoms with Gasteiger partial charge in [0.1, 0.15) is 6.61 Å². The second kappa shape index (κ2) is 7.41. The molecule has 1 fully saturated rings. The molecular formula is C10H19F3N2O3S. The molecule has 1 unspecified atom stereocenters. The minimum atomic E-state index is -4.38. The topological polar surface area (TPSA) is 67.4 Å². The Labute approximate surface area is 110 Å². The summed E-state index contributed by atoms with van der Waals surface area (Å²) in [4.78, 5) is 0. The van der Waals surface area contributed by atoms with Crippen LogP contribution < -0.4 is 10.0 Å². The molecule has 0 aromatic carbocycles. The van der Waals surface area contributed by atoms with E-state index >= 15 is 0 Å². The lowest BCUT2D eigenvalue weighted by Gasteiger charge is -2.23. The van der Waals surface area contributed by atoms with Crippen molar-refractivity contribution in [1.29, 1.82) is 0 Å². The average molecular weight is 304 g/mol. The third-order valence-corrected chi connectivity index (χ3v) is 4.15. The molecule has 114 valence electrons. The van der Waals surface area contributed by atoms with E-state index in [9.17, 15) is 21.6 Å². The Morgan fingerprint density at radius 2 is 2.05 bits per heavy atom. The van der Waals surface area contributed by atoms with Crippen molar-refractivity contribution < 1.29 is 26.3 Å². The predicted octanol–water partition coefficient (Wildman–Crippen LogP) is 0.627. The van der Waals surface area contributed by atoms with Crippen LogP contribution in [-0.2, 0) is 14.8 Å². The molecule has 0 radical (unpaired) electrons. The van der Waals surface area contributed by atoms with Crippen molar-refractivity contribution in [3.05, 3.63) is 0 Å². The molecule has 0 amide bonds. The van der Waals surface area contributed by atoms with Crippen molar-refractivity contribution in [1.82, 2.24) is 10.0 Å². The predicted molar refractivity (Wildman–Crippen MR) is 64.3 cm³/mol. The van der Waals surface area contributed by atoms with E-state index in [4.69, 9.17) is 0 Å². The fourth-order valence-corrected chi connectivity index (χ4v) is 3.17. The Bertz CT molecular complexity index is 354. The first-order chi connectivity index (χ1) is 8.79. The number of hydrogen-bond donors (Lipinski definition) is 2. The Hall–Kier alpha value is -0.380. The molecule has 1 rings (SSSR count). The molecule has 0 bridgehead atoms. The molecule has 0 spiro atoms. The Morgan fingerprint density at radius 1 is 1.32 bits per heavy atom. The van der Waals surface area contributed by atoms with Crippen molar-refractivity contribution in [2.75, 3.05) is 32.1 Å². The van der Waals surface area contributed by atoms with E-state index in [1.807, 2.05) is 0 Å². The molecule has 1 heterocycles. The molecular weight excluding hydrogens is 285 g/mol. The van der Waals surface area contributed by atoms with Crippen LogP contribution in [0.4, 0.5) is 13.2 Å². The smallest absolute Gasteiger partial charge is 0.371 e. The zero-order valence-corrected chi connectivity index (χ0v) is 11.3. The first kappa shape index (κ1) is 16.7. The van der Waals surface area contributed by atoms with Crippen molar-refractivity contribution in [2.45, 2.75) is 31.5 Å². The van der Waals surface area contributed by atoms with Crippen LogP contribution in [0.15, 0.2) is 0 Å². The quantitative estimate of drug-likeness (QED) is 0.677. The largest absolute Gasteiger partial charge is 0.411 e. The molecule has 0 saturated carbocycles. The highest BCUT2D eigenvalue weighted by molar-refractivity contribution is 7.89. The van der Waals surface area contributed by atoms with Gasteiger partial charge in [-0.2, -0.15) is 13.2 Å². The van der Waals surface area contributed by atoms with Gasteiger partial charge < -0.3 is 10.1 Å². The lowest BCUT2D eigenvalue weighted by molar-refractivity contribution is -0.173. The Kier molecular flexibility index (Phi) is 6.51. The van der Waals surface area contributed by atoms with Crippen LogP contribution in [0.25, 0.3) is 0 Å². The zero-order valence-electron chi connectivity index (χ0n) is 10.5. The number of nitrogens with one attached hydrogen (secondary N) is 2. The van der Waals surface area contributed by atoms with E-state index in [0.717, 1.165) is 25.8 Å². The first-order valence-electron chi connectivity index (χ1n) is 6.14. The lowest BCUT2D eigenvalue weighted by Crippen LogP contribution is -2.43. The Morgan fingerprint density at radius 3 is 2.63 bits per heavy atom. The van der Waals surface area contributed by atoms with Crippen LogP contribution in [0.5, 0.6) is 0 Å². The SMILES string of the molecule is O=S(=O)(CC1CCCCN1)NCCOCC(F)(F)F. The van der Waals surface area contributed by atoms with E-state index < -0.39 is 22.8 Å². The van der Waals surface area contributed by atoms with Crippen LogP contribution in [-0.4, -0.2) is 52.7 Å². The maximum atomic E-state index is 11.8. The second-order valence-corrected chi connectivity index (χ2v) is 6.34. The monoisotopic (exact) mass is 304 g/mol. The molecule has 2 N–H and O–H groups in total. The molecule has 1 aliphatic rings. The maximum Gasteiger partial charge on any atom is 0.411 e. The first-order valence-corrected chi connectivity index (χ1v) is 7.79. The standard InChI is InChI=1S/C10H19F3N2O3S/c11-10(12,13)8-18-6-5-15-19(16,17)7-9-3-1-2-4-14-9/h9,14-15H,1-8H2. The van der Waals surface area contributed by atoms with Crippen LogP contribution in [0, 0.1) is 0 Å². The summed E-state index contributed by atoms with van der Waals surface area (Å²) < 4.78 is 65.1. The number of halogens is 3. The number of piperidine rings is 1. The third kappa shape index (κ3) is 8.40. The van der Waals surface area contributed by atoms with Crippen LogP contribution in [0.3, 0.4) is 0 Å². The van der Waals surface area contributed by atoms with Crippen molar-refractivity contribution in [2.24, 2.45) is 0 Å². The fraction of sp³-hybridized carbons (Fsp3) is 1.00. The highest BCUT2D eigenvalue weighted by Gasteiger charge is 2.27. The lowest BCUT2D eigenvalue weighted by atomic mass is 10.1. The van der Waals surface area contributed by atoms with E-state index in [2.05, 4.69) is 14.8 Å². The highest BCUT2D eigenvalue weighted by atomic mass is 32.2. The molecule has 1 saturated heterocycles. The maximum absolute atomic E-state index is 11.8. The molecule has 0 aromatic heterocycles. The third-order valence-electron chi connectivity index (χ3n) is 2.67. The number of hydrogen-bond acceptors (Lipinski definition) is 4. The summed E-state index contributed by atoms with van der Waals surface area (Å²) in [7, 11) is -3.47. The van der Waals surface area contributed by atoms with Gasteiger partial charge in [0.2, 0.25) is 10.0 Å². The van der Waals surface area contributed by atoms with E-state index in [0.29, 0.717) is 0 Å². The number of sulfonamides is 1. The molecule has 1 aliphatic heterocycles. The van der Waals surface area contributed by atoms with Crippen molar-refractivity contribution in [3.63, 3.8) is 0 Å². The molecule has 9 heteroatoms. The summed E-state index contributed by atoms with van der Waals surface area (Å²) in [6.07, 6.45) is -1.56. The fourth-order valence-electron chi connectivity index (χ4n) is 1.85. The Balaban J connectivity index is 2.16. The summed E-state index contributed by atoms with van der Waals surface area (Å²) in [5.41, 5.74) is 0. The zero-order chi connectivity index (χ0) is 14.4. The molecule has 1 atom stereocenters. The average Bonchev–Trinajstić information content (AvgIpc) is 2.27. The van der Waals surface area contributed by atoms with Gasteiger partial charge in [0.25, 0.3) is 0 Å². The molecule has 19 heavy (non-hydrogen) atoms. The molecule has 5 nitrogen and oxygen atoms in total. The highest BCUT2D eigenvalue weighted by Crippen LogP contribution is 2.14. The van der Waals surface area contributed by atoms with Crippen LogP contribution in [0.1, 0.15) is 19.3 Å². The number of rotatable bonds is 7. The normalized spacial score (nSPS) is 21.5. The van der Waals surface area contributed by atoms with Gasteiger partial charge in [-0.3, -0.25) is 0 Å². The van der Waals surface area contributed by atoms with Crippen molar-refractivity contribution >= 4 is 10.0 Å². The summed E-state index contributed by atoms with van der Waals surface area (Å²) in [5, 5.41) is 3.10. The van der Waals surface area contributed by atoms with Gasteiger partial charge in [-0.15, -0.1) is 0 Å². The molecule has 0 aromatic rings. The van der Waals surface area contributed by atoms with E-state index in [1.165, 1.54) is 0 Å². The van der Waals surface area contributed by atoms with Gasteiger partial charge in [0, 0.05) is 12.6 Å².